The summed E-state index contributed by atoms with van der Waals surface area (Å²) in [5.41, 5.74) is 0.768. The molecule has 2 fully saturated rings. The van der Waals surface area contributed by atoms with Crippen LogP contribution in [-0.4, -0.2) is 36.6 Å². The molecule has 1 aromatic rings. The fourth-order valence-electron chi connectivity index (χ4n) is 4.25. The number of hydrogen-bond donors (Lipinski definition) is 3. The van der Waals surface area contributed by atoms with Gasteiger partial charge in [-0.15, -0.1) is 0 Å². The van der Waals surface area contributed by atoms with E-state index < -0.39 is 6.04 Å². The quantitative estimate of drug-likeness (QED) is 0.480. The summed E-state index contributed by atoms with van der Waals surface area (Å²) in [5.74, 6) is 0.347. The molecule has 2 amide bonds. The number of anilines is 1. The number of benzene rings is 1. The van der Waals surface area contributed by atoms with Gasteiger partial charge in [-0.1, -0.05) is 19.3 Å². The highest BCUT2D eigenvalue weighted by atomic mass is 32.2. The Bertz CT molecular complexity index is 736. The molecule has 0 aromatic heterocycles. The molecule has 1 aliphatic heterocycles. The minimum Gasteiger partial charge on any atom is -0.381 e. The molecule has 6 nitrogen and oxygen atoms in total. The summed E-state index contributed by atoms with van der Waals surface area (Å²) in [6, 6.07) is 7.31. The molecule has 0 spiro atoms. The molecule has 178 valence electrons. The maximum absolute atomic E-state index is 13.2. The van der Waals surface area contributed by atoms with E-state index in [0.29, 0.717) is 12.3 Å². The largest absolute Gasteiger partial charge is 0.381 e. The molecule has 0 bridgehead atoms. The van der Waals surface area contributed by atoms with Crippen molar-refractivity contribution in [1.29, 1.82) is 0 Å². The Labute approximate surface area is 197 Å². The highest BCUT2D eigenvalue weighted by Gasteiger charge is 2.29. The van der Waals surface area contributed by atoms with Crippen molar-refractivity contribution < 1.29 is 14.3 Å². The van der Waals surface area contributed by atoms with Crippen LogP contribution in [0.1, 0.15) is 72.1 Å². The first-order valence-electron chi connectivity index (χ1n) is 12.0. The standard InChI is InChI=1S/C25H39N3O3S/c1-25(2,3)28-32-21-11-9-20(10-12-21)26-24(30)22(17-18-13-15-31-16-14-18)27-23(29)19-7-5-4-6-8-19/h9-12,18-19,22,28H,4-8,13-17H2,1-3H3,(H,26,30)(H,27,29)/t22-/m0/s1. The van der Waals surface area contributed by atoms with Crippen LogP contribution in [-0.2, 0) is 14.3 Å². The Hall–Kier alpha value is -1.57. The van der Waals surface area contributed by atoms with Crippen molar-refractivity contribution in [2.24, 2.45) is 11.8 Å². The second kappa shape index (κ2) is 12.1. The molecule has 1 saturated heterocycles. The Morgan fingerprint density at radius 1 is 1.03 bits per heavy atom. The van der Waals surface area contributed by atoms with Crippen LogP contribution in [0.4, 0.5) is 5.69 Å². The fourth-order valence-corrected chi connectivity index (χ4v) is 4.95. The highest BCUT2D eigenvalue weighted by molar-refractivity contribution is 7.97. The first-order valence-corrected chi connectivity index (χ1v) is 12.8. The Morgan fingerprint density at radius 3 is 2.31 bits per heavy atom. The average molecular weight is 462 g/mol. The number of ether oxygens (including phenoxy) is 1. The molecular weight excluding hydrogens is 422 g/mol. The van der Waals surface area contributed by atoms with Gasteiger partial charge in [0, 0.05) is 35.3 Å². The van der Waals surface area contributed by atoms with E-state index in [1.807, 2.05) is 24.3 Å². The number of carbonyl (C=O) groups is 2. The predicted octanol–water partition coefficient (Wildman–Crippen LogP) is 4.90. The lowest BCUT2D eigenvalue weighted by atomic mass is 9.87. The third-order valence-electron chi connectivity index (χ3n) is 6.12. The fraction of sp³-hybridized carbons (Fsp3) is 0.680. The number of rotatable bonds is 8. The predicted molar refractivity (Wildman–Crippen MR) is 130 cm³/mol. The number of hydrogen-bond acceptors (Lipinski definition) is 5. The van der Waals surface area contributed by atoms with Crippen LogP contribution in [0.25, 0.3) is 0 Å². The lowest BCUT2D eigenvalue weighted by Gasteiger charge is -2.29. The summed E-state index contributed by atoms with van der Waals surface area (Å²) < 4.78 is 8.86. The lowest BCUT2D eigenvalue weighted by Crippen LogP contribution is -2.47. The highest BCUT2D eigenvalue weighted by Crippen LogP contribution is 2.26. The smallest absolute Gasteiger partial charge is 0.246 e. The van der Waals surface area contributed by atoms with Crippen LogP contribution in [0.3, 0.4) is 0 Å². The molecule has 1 aromatic carbocycles. The molecule has 1 atom stereocenters. The molecule has 3 rings (SSSR count). The lowest BCUT2D eigenvalue weighted by molar-refractivity contribution is -0.130. The van der Waals surface area contributed by atoms with Crippen LogP contribution in [0.5, 0.6) is 0 Å². The van der Waals surface area contributed by atoms with E-state index in [2.05, 4.69) is 36.1 Å². The third kappa shape index (κ3) is 8.41. The van der Waals surface area contributed by atoms with Gasteiger partial charge in [-0.25, -0.2) is 0 Å². The van der Waals surface area contributed by atoms with Crippen molar-refractivity contribution in [3.8, 4) is 0 Å². The van der Waals surface area contributed by atoms with Gasteiger partial charge in [0.2, 0.25) is 11.8 Å². The van der Waals surface area contributed by atoms with Crippen LogP contribution >= 0.6 is 11.9 Å². The van der Waals surface area contributed by atoms with E-state index in [4.69, 9.17) is 4.74 Å². The van der Waals surface area contributed by atoms with Gasteiger partial charge in [0.25, 0.3) is 0 Å². The van der Waals surface area contributed by atoms with Gasteiger partial charge in [0.15, 0.2) is 0 Å². The Morgan fingerprint density at radius 2 is 1.69 bits per heavy atom. The Kier molecular flexibility index (Phi) is 9.44. The summed E-state index contributed by atoms with van der Waals surface area (Å²) >= 11 is 1.58. The van der Waals surface area contributed by atoms with Crippen molar-refractivity contribution in [1.82, 2.24) is 10.0 Å². The second-order valence-electron chi connectivity index (χ2n) is 10.2. The van der Waals surface area contributed by atoms with Crippen LogP contribution in [0.2, 0.25) is 0 Å². The topological polar surface area (TPSA) is 79.5 Å². The summed E-state index contributed by atoms with van der Waals surface area (Å²) in [6.45, 7) is 7.83. The SMILES string of the molecule is CC(C)(C)NSc1ccc(NC(=O)[C@H](CC2CCOCC2)NC(=O)C2CCCCC2)cc1. The normalized spacial score (nSPS) is 19.3. The number of carbonyl (C=O) groups excluding carboxylic acids is 2. The van der Waals surface area contributed by atoms with Gasteiger partial charge in [-0.05, 0) is 95.0 Å². The zero-order chi connectivity index (χ0) is 23.0. The van der Waals surface area contributed by atoms with Crippen molar-refractivity contribution in [3.63, 3.8) is 0 Å². The average Bonchev–Trinajstić information content (AvgIpc) is 2.79. The van der Waals surface area contributed by atoms with Gasteiger partial charge >= 0.3 is 0 Å². The van der Waals surface area contributed by atoms with E-state index in [1.54, 1.807) is 11.9 Å². The van der Waals surface area contributed by atoms with Gasteiger partial charge in [0.05, 0.1) is 0 Å². The third-order valence-corrected chi connectivity index (χ3v) is 7.34. The van der Waals surface area contributed by atoms with Crippen molar-refractivity contribution in [2.45, 2.75) is 88.6 Å². The maximum Gasteiger partial charge on any atom is 0.246 e. The van der Waals surface area contributed by atoms with Crippen molar-refractivity contribution >= 4 is 29.4 Å². The minimum atomic E-state index is -0.510. The van der Waals surface area contributed by atoms with E-state index in [0.717, 1.165) is 62.3 Å². The summed E-state index contributed by atoms with van der Waals surface area (Å²) in [6.07, 6.45) is 7.81. The molecule has 0 radical (unpaired) electrons. The molecule has 0 unspecified atom stereocenters. The van der Waals surface area contributed by atoms with E-state index in [-0.39, 0.29) is 23.3 Å². The van der Waals surface area contributed by atoms with Gasteiger partial charge in [-0.2, -0.15) is 0 Å². The van der Waals surface area contributed by atoms with Crippen LogP contribution < -0.4 is 15.4 Å². The van der Waals surface area contributed by atoms with E-state index in [9.17, 15) is 9.59 Å². The van der Waals surface area contributed by atoms with Gasteiger partial charge in [0.1, 0.15) is 6.04 Å². The Balaban J connectivity index is 1.60. The zero-order valence-electron chi connectivity index (χ0n) is 19.7. The second-order valence-corrected chi connectivity index (χ2v) is 11.0. The van der Waals surface area contributed by atoms with Crippen molar-refractivity contribution in [3.05, 3.63) is 24.3 Å². The zero-order valence-corrected chi connectivity index (χ0v) is 20.6. The van der Waals surface area contributed by atoms with Crippen LogP contribution in [0.15, 0.2) is 29.2 Å². The summed E-state index contributed by atoms with van der Waals surface area (Å²) in [5, 5.41) is 6.12. The first-order chi connectivity index (χ1) is 15.3. The van der Waals surface area contributed by atoms with Crippen molar-refractivity contribution in [2.75, 3.05) is 18.5 Å². The first kappa shape index (κ1) is 25.1. The molecule has 2 aliphatic rings. The molecule has 1 saturated carbocycles. The minimum absolute atomic E-state index is 0.0193. The molecule has 32 heavy (non-hydrogen) atoms. The van der Waals surface area contributed by atoms with Gasteiger partial charge < -0.3 is 15.4 Å². The maximum atomic E-state index is 13.2. The number of nitrogens with one attached hydrogen (secondary N) is 3. The van der Waals surface area contributed by atoms with E-state index >= 15 is 0 Å². The summed E-state index contributed by atoms with van der Waals surface area (Å²) in [7, 11) is 0. The molecule has 3 N–H and O–H groups in total. The molecular formula is C25H39N3O3S. The monoisotopic (exact) mass is 461 g/mol. The van der Waals surface area contributed by atoms with Crippen LogP contribution in [0, 0.1) is 11.8 Å². The molecule has 7 heteroatoms. The number of amides is 2. The molecule has 1 heterocycles. The summed E-state index contributed by atoms with van der Waals surface area (Å²) in [4.78, 5) is 27.1. The van der Waals surface area contributed by atoms with Gasteiger partial charge in [-0.3, -0.25) is 14.3 Å². The molecule has 1 aliphatic carbocycles. The van der Waals surface area contributed by atoms with E-state index in [1.165, 1.54) is 6.42 Å².